The third kappa shape index (κ3) is 5.52. The summed E-state index contributed by atoms with van der Waals surface area (Å²) in [6.07, 6.45) is 0. The third-order valence-corrected chi connectivity index (χ3v) is 7.02. The van der Waals surface area contributed by atoms with E-state index < -0.39 is 26.7 Å². The van der Waals surface area contributed by atoms with Gasteiger partial charge in [-0.1, -0.05) is 47.5 Å². The van der Waals surface area contributed by atoms with Crippen molar-refractivity contribution in [3.63, 3.8) is 0 Å². The Balaban J connectivity index is 1.82. The number of fused-ring (bicyclic) bond motifs is 1. The van der Waals surface area contributed by atoms with Crippen molar-refractivity contribution in [2.75, 3.05) is 12.4 Å². The number of aromatic hydroxyl groups is 1. The highest BCUT2D eigenvalue weighted by Crippen LogP contribution is 2.41. The molecule has 0 heterocycles. The molecule has 4 aromatic carbocycles. The fourth-order valence-electron chi connectivity index (χ4n) is 3.62. The van der Waals surface area contributed by atoms with E-state index in [0.717, 1.165) is 6.07 Å². The zero-order valence-corrected chi connectivity index (χ0v) is 21.7. The molecule has 0 aliphatic heterocycles. The summed E-state index contributed by atoms with van der Waals surface area (Å²) in [7, 11) is -3.09. The standard InChI is InChI=1S/C25H19Cl2N3O6S/c1-13-20(10-15(26)11-22(13)37(33,34)35)29-30-23-17-6-4-3-5-14(17)9-18(24(23)31)25(32)28-21-12-16(36-2)7-8-19(21)27/h3-12,31H,1-2H3,(H,28,32)(H,33,34,35). The van der Waals surface area contributed by atoms with Crippen molar-refractivity contribution in [3.8, 4) is 11.5 Å². The number of azo groups is 1. The first-order chi connectivity index (χ1) is 17.5. The molecule has 0 fully saturated rings. The van der Waals surface area contributed by atoms with E-state index in [1.54, 1.807) is 36.4 Å². The lowest BCUT2D eigenvalue weighted by Crippen LogP contribution is -2.12. The van der Waals surface area contributed by atoms with Crippen molar-refractivity contribution in [3.05, 3.63) is 81.8 Å². The molecule has 0 spiro atoms. The number of phenols is 1. The number of nitrogens with zero attached hydrogens (tertiary/aromatic N) is 2. The van der Waals surface area contributed by atoms with Crippen LogP contribution in [0.3, 0.4) is 0 Å². The number of phenolic OH excluding ortho intramolecular Hbond substituents is 1. The maximum atomic E-state index is 13.2. The molecule has 4 rings (SSSR count). The first-order valence-electron chi connectivity index (χ1n) is 10.6. The topological polar surface area (TPSA) is 138 Å². The average Bonchev–Trinajstić information content (AvgIpc) is 2.85. The van der Waals surface area contributed by atoms with Crippen molar-refractivity contribution in [2.45, 2.75) is 11.8 Å². The quantitative estimate of drug-likeness (QED) is 0.170. The second-order valence-corrected chi connectivity index (χ2v) is 10.1. The Morgan fingerprint density at radius 1 is 1.03 bits per heavy atom. The van der Waals surface area contributed by atoms with Crippen molar-refractivity contribution in [2.24, 2.45) is 10.2 Å². The molecule has 0 saturated heterocycles. The molecule has 9 nitrogen and oxygen atoms in total. The molecule has 0 aromatic heterocycles. The normalized spacial score (nSPS) is 11.7. The van der Waals surface area contributed by atoms with Crippen LogP contribution in [-0.4, -0.2) is 31.1 Å². The van der Waals surface area contributed by atoms with Crippen LogP contribution in [0.5, 0.6) is 11.5 Å². The number of benzene rings is 4. The van der Waals surface area contributed by atoms with Gasteiger partial charge < -0.3 is 15.2 Å². The third-order valence-electron chi connectivity index (χ3n) is 5.49. The molecule has 0 aliphatic carbocycles. The van der Waals surface area contributed by atoms with Crippen LogP contribution >= 0.6 is 23.2 Å². The molecule has 37 heavy (non-hydrogen) atoms. The highest BCUT2D eigenvalue weighted by Gasteiger charge is 2.21. The van der Waals surface area contributed by atoms with Gasteiger partial charge >= 0.3 is 0 Å². The molecule has 12 heteroatoms. The molecule has 0 aliphatic rings. The predicted octanol–water partition coefficient (Wildman–Crippen LogP) is 7.08. The minimum atomic E-state index is -4.57. The lowest BCUT2D eigenvalue weighted by Gasteiger charge is -2.13. The Bertz CT molecular complexity index is 1690. The predicted molar refractivity (Wildman–Crippen MR) is 142 cm³/mol. The highest BCUT2D eigenvalue weighted by atomic mass is 35.5. The largest absolute Gasteiger partial charge is 0.505 e. The molecule has 0 atom stereocenters. The number of methoxy groups -OCH3 is 1. The second-order valence-electron chi connectivity index (χ2n) is 7.87. The van der Waals surface area contributed by atoms with Crippen LogP contribution < -0.4 is 10.1 Å². The van der Waals surface area contributed by atoms with Gasteiger partial charge in [0, 0.05) is 16.5 Å². The van der Waals surface area contributed by atoms with E-state index in [1.807, 2.05) is 0 Å². The Morgan fingerprint density at radius 3 is 2.46 bits per heavy atom. The molecular formula is C25H19Cl2N3O6S. The van der Waals surface area contributed by atoms with Crippen LogP contribution in [-0.2, 0) is 10.1 Å². The monoisotopic (exact) mass is 559 g/mol. The summed E-state index contributed by atoms with van der Waals surface area (Å²) < 4.78 is 38.1. The number of carbonyl (C=O) groups is 1. The van der Waals surface area contributed by atoms with Crippen molar-refractivity contribution in [1.82, 2.24) is 0 Å². The molecular weight excluding hydrogens is 541 g/mol. The lowest BCUT2D eigenvalue weighted by atomic mass is 10.0. The fraction of sp³-hybridized carbons (Fsp3) is 0.0800. The number of nitrogens with one attached hydrogen (secondary N) is 1. The molecule has 3 N–H and O–H groups in total. The van der Waals surface area contributed by atoms with Gasteiger partial charge in [0.05, 0.1) is 29.1 Å². The number of ether oxygens (including phenoxy) is 1. The Kier molecular flexibility index (Phi) is 7.37. The van der Waals surface area contributed by atoms with Crippen LogP contribution in [0.15, 0.2) is 75.8 Å². The summed E-state index contributed by atoms with van der Waals surface area (Å²) >= 11 is 12.2. The first kappa shape index (κ1) is 26.4. The number of rotatable bonds is 6. The van der Waals surface area contributed by atoms with Gasteiger partial charge in [0.25, 0.3) is 16.0 Å². The molecule has 0 bridgehead atoms. The number of hydrogen-bond acceptors (Lipinski definition) is 7. The number of halogens is 2. The average molecular weight is 560 g/mol. The van der Waals surface area contributed by atoms with Crippen LogP contribution in [0.25, 0.3) is 10.8 Å². The van der Waals surface area contributed by atoms with E-state index in [0.29, 0.717) is 16.5 Å². The van der Waals surface area contributed by atoms with Gasteiger partial charge in [0.1, 0.15) is 16.3 Å². The van der Waals surface area contributed by atoms with E-state index >= 15 is 0 Å². The summed E-state index contributed by atoms with van der Waals surface area (Å²) in [5, 5.41) is 23.3. The van der Waals surface area contributed by atoms with Crippen LogP contribution in [0.4, 0.5) is 17.1 Å². The van der Waals surface area contributed by atoms with E-state index in [9.17, 15) is 22.9 Å². The van der Waals surface area contributed by atoms with Crippen molar-refractivity contribution >= 4 is 67.1 Å². The molecule has 4 aromatic rings. The van der Waals surface area contributed by atoms with Gasteiger partial charge in [-0.05, 0) is 48.2 Å². The van der Waals surface area contributed by atoms with Gasteiger partial charge in [0.2, 0.25) is 0 Å². The van der Waals surface area contributed by atoms with Gasteiger partial charge in [-0.15, -0.1) is 5.11 Å². The highest BCUT2D eigenvalue weighted by molar-refractivity contribution is 7.85. The smallest absolute Gasteiger partial charge is 0.294 e. The Hall–Kier alpha value is -3.70. The SMILES string of the molecule is COc1ccc(Cl)c(NC(=O)c2cc3ccccc3c(N=Nc3cc(Cl)cc(S(=O)(=O)O)c3C)c2O)c1. The summed E-state index contributed by atoms with van der Waals surface area (Å²) in [5.74, 6) is -0.658. The molecule has 0 radical (unpaired) electrons. The zero-order valence-electron chi connectivity index (χ0n) is 19.4. The van der Waals surface area contributed by atoms with E-state index in [4.69, 9.17) is 27.9 Å². The molecule has 190 valence electrons. The summed E-state index contributed by atoms with van der Waals surface area (Å²) in [4.78, 5) is 12.7. The van der Waals surface area contributed by atoms with E-state index in [2.05, 4.69) is 15.5 Å². The lowest BCUT2D eigenvalue weighted by molar-refractivity contribution is 0.102. The van der Waals surface area contributed by atoms with Gasteiger partial charge in [-0.3, -0.25) is 9.35 Å². The van der Waals surface area contributed by atoms with Crippen LogP contribution in [0, 0.1) is 6.92 Å². The van der Waals surface area contributed by atoms with Gasteiger partial charge in [-0.25, -0.2) is 0 Å². The summed E-state index contributed by atoms with van der Waals surface area (Å²) in [6.45, 7) is 1.42. The zero-order chi connectivity index (χ0) is 26.9. The van der Waals surface area contributed by atoms with Gasteiger partial charge in [0.15, 0.2) is 5.75 Å². The number of hydrogen-bond donors (Lipinski definition) is 3. The van der Waals surface area contributed by atoms with E-state index in [-0.39, 0.29) is 38.2 Å². The molecule has 0 unspecified atom stereocenters. The Morgan fingerprint density at radius 2 is 1.76 bits per heavy atom. The number of amides is 1. The van der Waals surface area contributed by atoms with Crippen LogP contribution in [0.2, 0.25) is 10.0 Å². The van der Waals surface area contributed by atoms with Crippen LogP contribution in [0.1, 0.15) is 15.9 Å². The fourth-order valence-corrected chi connectivity index (χ4v) is 4.83. The maximum absolute atomic E-state index is 13.2. The summed E-state index contributed by atoms with van der Waals surface area (Å²) in [5.41, 5.74) is 0.275. The van der Waals surface area contributed by atoms with Crippen molar-refractivity contribution < 1.29 is 27.6 Å². The number of anilines is 1. The molecule has 0 saturated carbocycles. The van der Waals surface area contributed by atoms with Gasteiger partial charge in [-0.2, -0.15) is 13.5 Å². The first-order valence-corrected chi connectivity index (χ1v) is 12.8. The maximum Gasteiger partial charge on any atom is 0.294 e. The minimum Gasteiger partial charge on any atom is -0.505 e. The Labute approximate surface area is 222 Å². The van der Waals surface area contributed by atoms with E-state index in [1.165, 1.54) is 32.2 Å². The summed E-state index contributed by atoms with van der Waals surface area (Å²) in [6, 6.07) is 15.5. The molecule has 1 amide bonds. The second kappa shape index (κ2) is 10.3. The minimum absolute atomic E-state index is 0.00421. The number of carbonyl (C=O) groups excluding carboxylic acids is 1. The van der Waals surface area contributed by atoms with Crippen molar-refractivity contribution in [1.29, 1.82) is 0 Å².